The number of hydrogen-bond donors (Lipinski definition) is 0. The number of hydrogen-bond acceptors (Lipinski definition) is 1. The van der Waals surface area contributed by atoms with Crippen molar-refractivity contribution in [2.24, 2.45) is 5.92 Å². The molecule has 2 unspecified atom stereocenters. The second-order valence-electron chi connectivity index (χ2n) is 2.38. The largest absolute Gasteiger partial charge is 0.369 e. The fourth-order valence-electron chi connectivity index (χ4n) is 0.743. The highest BCUT2D eigenvalue weighted by atomic mass is 16.6. The Morgan fingerprint density at radius 3 is 2.00 bits per heavy atom. The zero-order valence-corrected chi connectivity index (χ0v) is 4.85. The molecule has 0 N–H and O–H groups in total. The van der Waals surface area contributed by atoms with E-state index in [-0.39, 0.29) is 0 Å². The Morgan fingerprint density at radius 1 is 1.57 bits per heavy atom. The van der Waals surface area contributed by atoms with E-state index in [4.69, 9.17) is 4.74 Å². The Bertz CT molecular complexity index is 68.6. The fraction of sp³-hybridized carbons (Fsp3) is 0.833. The maximum absolute atomic E-state index is 5.07. The molecule has 1 saturated heterocycles. The van der Waals surface area contributed by atoms with Gasteiger partial charge in [0.15, 0.2) is 0 Å². The van der Waals surface area contributed by atoms with E-state index in [0.717, 1.165) is 0 Å². The first-order valence-electron chi connectivity index (χ1n) is 2.70. The van der Waals surface area contributed by atoms with Crippen LogP contribution in [0.2, 0.25) is 0 Å². The lowest BCUT2D eigenvalue weighted by Crippen LogP contribution is -1.98. The minimum atomic E-state index is 0.292. The average molecular weight is 99.2 g/mol. The zero-order valence-electron chi connectivity index (χ0n) is 4.85. The topological polar surface area (TPSA) is 12.5 Å². The lowest BCUT2D eigenvalue weighted by Gasteiger charge is -1.92. The standard InChI is InChI=1S/C6H11O/c1-4(2)6-5(3)7-6/h4-6H,3H2,1-2H3. The summed E-state index contributed by atoms with van der Waals surface area (Å²) in [6, 6.07) is 0. The van der Waals surface area contributed by atoms with Gasteiger partial charge in [0.05, 0.1) is 12.2 Å². The highest BCUT2D eigenvalue weighted by molar-refractivity contribution is 4.88. The zero-order chi connectivity index (χ0) is 5.44. The molecule has 2 atom stereocenters. The summed E-state index contributed by atoms with van der Waals surface area (Å²) in [5.41, 5.74) is 0. The van der Waals surface area contributed by atoms with Crippen LogP contribution < -0.4 is 0 Å². The van der Waals surface area contributed by atoms with Gasteiger partial charge < -0.3 is 4.74 Å². The Hall–Kier alpha value is -0.0400. The van der Waals surface area contributed by atoms with Gasteiger partial charge in [-0.25, -0.2) is 0 Å². The van der Waals surface area contributed by atoms with E-state index in [0.29, 0.717) is 18.1 Å². The molecule has 41 valence electrons. The van der Waals surface area contributed by atoms with Gasteiger partial charge in [0.2, 0.25) is 0 Å². The first-order chi connectivity index (χ1) is 3.22. The van der Waals surface area contributed by atoms with Gasteiger partial charge in [0, 0.05) is 0 Å². The Balaban J connectivity index is 2.20. The SMILES string of the molecule is [CH2]C1OC1C(C)C. The van der Waals surface area contributed by atoms with E-state index in [1.165, 1.54) is 0 Å². The Morgan fingerprint density at radius 2 is 2.00 bits per heavy atom. The van der Waals surface area contributed by atoms with Gasteiger partial charge in [-0.1, -0.05) is 13.8 Å². The molecule has 0 spiro atoms. The predicted molar refractivity (Wildman–Crippen MR) is 28.9 cm³/mol. The van der Waals surface area contributed by atoms with Crippen molar-refractivity contribution in [2.75, 3.05) is 0 Å². The first kappa shape index (κ1) is 5.10. The molecule has 1 heteroatoms. The molecule has 1 heterocycles. The van der Waals surface area contributed by atoms with Crippen LogP contribution in [0.25, 0.3) is 0 Å². The van der Waals surface area contributed by atoms with Gasteiger partial charge >= 0.3 is 0 Å². The van der Waals surface area contributed by atoms with E-state index in [1.807, 2.05) is 0 Å². The Kier molecular flexibility index (Phi) is 1.08. The summed E-state index contributed by atoms with van der Waals surface area (Å²) in [5.74, 6) is 0.655. The van der Waals surface area contributed by atoms with Crippen LogP contribution in [0.4, 0.5) is 0 Å². The summed E-state index contributed by atoms with van der Waals surface area (Å²) < 4.78 is 5.07. The number of epoxide rings is 1. The van der Waals surface area contributed by atoms with E-state index in [9.17, 15) is 0 Å². The third kappa shape index (κ3) is 0.942. The smallest absolute Gasteiger partial charge is 0.0864 e. The van der Waals surface area contributed by atoms with Crippen molar-refractivity contribution in [1.29, 1.82) is 0 Å². The van der Waals surface area contributed by atoms with Crippen molar-refractivity contribution in [1.82, 2.24) is 0 Å². The summed E-state index contributed by atoms with van der Waals surface area (Å²) in [7, 11) is 0. The monoisotopic (exact) mass is 99.1 g/mol. The molecule has 0 aromatic carbocycles. The molecule has 0 aliphatic carbocycles. The minimum Gasteiger partial charge on any atom is -0.369 e. The highest BCUT2D eigenvalue weighted by Crippen LogP contribution is 2.27. The molecule has 1 nitrogen and oxygen atoms in total. The molecule has 0 aromatic rings. The van der Waals surface area contributed by atoms with Crippen LogP contribution in [0, 0.1) is 12.8 Å². The van der Waals surface area contributed by atoms with Crippen molar-refractivity contribution >= 4 is 0 Å². The lowest BCUT2D eigenvalue weighted by molar-refractivity contribution is 0.345. The van der Waals surface area contributed by atoms with Crippen LogP contribution in [0.15, 0.2) is 0 Å². The molecular weight excluding hydrogens is 88.1 g/mol. The third-order valence-corrected chi connectivity index (χ3v) is 1.28. The van der Waals surface area contributed by atoms with Gasteiger partial charge in [-0.05, 0) is 12.8 Å². The van der Waals surface area contributed by atoms with Crippen LogP contribution in [-0.4, -0.2) is 12.2 Å². The second-order valence-corrected chi connectivity index (χ2v) is 2.38. The van der Waals surface area contributed by atoms with E-state index >= 15 is 0 Å². The maximum atomic E-state index is 5.07. The van der Waals surface area contributed by atoms with Crippen LogP contribution in [0.5, 0.6) is 0 Å². The van der Waals surface area contributed by atoms with Gasteiger partial charge in [0.25, 0.3) is 0 Å². The van der Waals surface area contributed by atoms with E-state index in [1.54, 1.807) is 0 Å². The van der Waals surface area contributed by atoms with Crippen molar-refractivity contribution in [2.45, 2.75) is 26.1 Å². The third-order valence-electron chi connectivity index (χ3n) is 1.28. The summed E-state index contributed by atoms with van der Waals surface area (Å²) in [6.07, 6.45) is 0.750. The van der Waals surface area contributed by atoms with Gasteiger partial charge in [-0.2, -0.15) is 0 Å². The summed E-state index contributed by atoms with van der Waals surface area (Å²) in [6.45, 7) is 8.03. The minimum absolute atomic E-state index is 0.292. The summed E-state index contributed by atoms with van der Waals surface area (Å²) in [4.78, 5) is 0. The molecule has 1 rings (SSSR count). The molecule has 7 heavy (non-hydrogen) atoms. The van der Waals surface area contributed by atoms with Crippen LogP contribution in [-0.2, 0) is 4.74 Å². The second kappa shape index (κ2) is 1.48. The van der Waals surface area contributed by atoms with Gasteiger partial charge in [-0.15, -0.1) is 0 Å². The predicted octanol–water partition coefficient (Wildman–Crippen LogP) is 1.24. The fourth-order valence-corrected chi connectivity index (χ4v) is 0.743. The van der Waals surface area contributed by atoms with Crippen LogP contribution >= 0.6 is 0 Å². The molecule has 1 aliphatic heterocycles. The molecule has 1 radical (unpaired) electrons. The molecule has 1 aliphatic rings. The van der Waals surface area contributed by atoms with Gasteiger partial charge in [-0.3, -0.25) is 0 Å². The molecule has 0 bridgehead atoms. The van der Waals surface area contributed by atoms with Crippen molar-refractivity contribution in [3.8, 4) is 0 Å². The van der Waals surface area contributed by atoms with Crippen LogP contribution in [0.3, 0.4) is 0 Å². The van der Waals surface area contributed by atoms with Crippen molar-refractivity contribution in [3.05, 3.63) is 6.92 Å². The normalized spacial score (nSPS) is 39.4. The average Bonchev–Trinajstić information content (AvgIpc) is 2.17. The van der Waals surface area contributed by atoms with Crippen LogP contribution in [0.1, 0.15) is 13.8 Å². The van der Waals surface area contributed by atoms with Crippen molar-refractivity contribution < 1.29 is 4.74 Å². The highest BCUT2D eigenvalue weighted by Gasteiger charge is 2.36. The quantitative estimate of drug-likeness (QED) is 0.451. The first-order valence-corrected chi connectivity index (χ1v) is 2.70. The molecule has 0 amide bonds. The van der Waals surface area contributed by atoms with Gasteiger partial charge in [0.1, 0.15) is 0 Å². The lowest BCUT2D eigenvalue weighted by atomic mass is 10.1. The molecular formula is C6H11O. The number of rotatable bonds is 1. The van der Waals surface area contributed by atoms with E-state index < -0.39 is 0 Å². The molecule has 1 fully saturated rings. The molecule has 0 saturated carbocycles. The maximum Gasteiger partial charge on any atom is 0.0864 e. The van der Waals surface area contributed by atoms with Crippen molar-refractivity contribution in [3.63, 3.8) is 0 Å². The summed E-state index contributed by atoms with van der Waals surface area (Å²) >= 11 is 0. The summed E-state index contributed by atoms with van der Waals surface area (Å²) in [5, 5.41) is 0. The van der Waals surface area contributed by atoms with E-state index in [2.05, 4.69) is 20.8 Å². The number of ether oxygens (including phenoxy) is 1. The Labute approximate surface area is 44.7 Å². The molecule has 0 aromatic heterocycles.